The van der Waals surface area contributed by atoms with Crippen LogP contribution in [0.3, 0.4) is 0 Å². The third kappa shape index (κ3) is 4.29. The molecule has 3 atom stereocenters. The highest BCUT2D eigenvalue weighted by Crippen LogP contribution is 2.30. The molecule has 1 aromatic rings. The summed E-state index contributed by atoms with van der Waals surface area (Å²) in [4.78, 5) is 11.3. The summed E-state index contributed by atoms with van der Waals surface area (Å²) in [5, 5.41) is 23.0. The van der Waals surface area contributed by atoms with Crippen LogP contribution in [0.5, 0.6) is 0 Å². The second kappa shape index (κ2) is 7.05. The molecule has 3 N–H and O–H groups in total. The highest BCUT2D eigenvalue weighted by molar-refractivity contribution is 5.70. The van der Waals surface area contributed by atoms with Gasteiger partial charge < -0.3 is 15.5 Å². The SMILES string of the molecule is CC(O)(CNCC1CCCCC1C(=O)O)c1ccccc1. The van der Waals surface area contributed by atoms with Crippen LogP contribution in [0, 0.1) is 11.8 Å². The fourth-order valence-electron chi connectivity index (χ4n) is 3.18. The number of hydrogen-bond acceptors (Lipinski definition) is 3. The van der Waals surface area contributed by atoms with E-state index in [4.69, 9.17) is 0 Å². The molecule has 1 saturated carbocycles. The Bertz CT molecular complexity index is 458. The molecular formula is C17H25NO3. The average Bonchev–Trinajstić information content (AvgIpc) is 2.48. The fourth-order valence-corrected chi connectivity index (χ4v) is 3.18. The molecule has 0 spiro atoms. The number of hydrogen-bond donors (Lipinski definition) is 3. The molecule has 4 nitrogen and oxygen atoms in total. The van der Waals surface area contributed by atoms with Crippen molar-refractivity contribution in [3.05, 3.63) is 35.9 Å². The van der Waals surface area contributed by atoms with Crippen molar-refractivity contribution in [1.82, 2.24) is 5.32 Å². The number of nitrogens with one attached hydrogen (secondary N) is 1. The minimum atomic E-state index is -0.936. The van der Waals surface area contributed by atoms with Crippen LogP contribution in [0.1, 0.15) is 38.2 Å². The van der Waals surface area contributed by atoms with Crippen molar-refractivity contribution in [2.75, 3.05) is 13.1 Å². The van der Waals surface area contributed by atoms with E-state index in [0.29, 0.717) is 13.1 Å². The molecule has 0 bridgehead atoms. The van der Waals surface area contributed by atoms with E-state index in [9.17, 15) is 15.0 Å². The minimum Gasteiger partial charge on any atom is -0.481 e. The molecule has 1 fully saturated rings. The first-order valence-corrected chi connectivity index (χ1v) is 7.72. The molecule has 1 aromatic carbocycles. The summed E-state index contributed by atoms with van der Waals surface area (Å²) in [6.45, 7) is 2.87. The number of carboxylic acid groups (broad SMARTS) is 1. The van der Waals surface area contributed by atoms with Gasteiger partial charge in [-0.3, -0.25) is 4.79 Å². The molecule has 1 aliphatic rings. The largest absolute Gasteiger partial charge is 0.481 e. The maximum absolute atomic E-state index is 11.3. The third-order valence-electron chi connectivity index (χ3n) is 4.50. The highest BCUT2D eigenvalue weighted by Gasteiger charge is 2.31. The van der Waals surface area contributed by atoms with Gasteiger partial charge in [0.25, 0.3) is 0 Å². The quantitative estimate of drug-likeness (QED) is 0.752. The van der Waals surface area contributed by atoms with Gasteiger partial charge in [-0.2, -0.15) is 0 Å². The van der Waals surface area contributed by atoms with E-state index in [2.05, 4.69) is 5.32 Å². The van der Waals surface area contributed by atoms with Crippen molar-refractivity contribution in [3.8, 4) is 0 Å². The summed E-state index contributed by atoms with van der Waals surface area (Å²) in [7, 11) is 0. The zero-order chi connectivity index (χ0) is 15.3. The molecule has 0 aromatic heterocycles. The zero-order valence-corrected chi connectivity index (χ0v) is 12.6. The predicted molar refractivity (Wildman–Crippen MR) is 82.0 cm³/mol. The number of aliphatic hydroxyl groups is 1. The molecule has 2 rings (SSSR count). The van der Waals surface area contributed by atoms with Crippen molar-refractivity contribution < 1.29 is 15.0 Å². The Labute approximate surface area is 126 Å². The van der Waals surface area contributed by atoms with Gasteiger partial charge in [0.2, 0.25) is 0 Å². The van der Waals surface area contributed by atoms with E-state index in [1.807, 2.05) is 30.3 Å². The Morgan fingerprint density at radius 2 is 1.95 bits per heavy atom. The topological polar surface area (TPSA) is 69.6 Å². The number of rotatable bonds is 6. The molecule has 4 heteroatoms. The van der Waals surface area contributed by atoms with Crippen LogP contribution in [0.4, 0.5) is 0 Å². The normalized spacial score (nSPS) is 25.2. The second-order valence-corrected chi connectivity index (χ2v) is 6.26. The summed E-state index contributed by atoms with van der Waals surface area (Å²) in [5.41, 5.74) is -0.0646. The van der Waals surface area contributed by atoms with E-state index in [1.54, 1.807) is 6.92 Å². The number of aliphatic carboxylic acids is 1. The first-order valence-electron chi connectivity index (χ1n) is 7.72. The van der Waals surface area contributed by atoms with Gasteiger partial charge in [0.15, 0.2) is 0 Å². The van der Waals surface area contributed by atoms with Crippen molar-refractivity contribution in [2.45, 2.75) is 38.2 Å². The first-order chi connectivity index (χ1) is 10.0. The summed E-state index contributed by atoms with van der Waals surface area (Å²) in [5.74, 6) is -0.757. The van der Waals surface area contributed by atoms with Gasteiger partial charge in [-0.25, -0.2) is 0 Å². The van der Waals surface area contributed by atoms with Gasteiger partial charge in [-0.05, 0) is 37.8 Å². The maximum Gasteiger partial charge on any atom is 0.306 e. The van der Waals surface area contributed by atoms with Gasteiger partial charge in [0.1, 0.15) is 0 Å². The third-order valence-corrected chi connectivity index (χ3v) is 4.50. The lowest BCUT2D eigenvalue weighted by molar-refractivity contribution is -0.144. The van der Waals surface area contributed by atoms with Crippen LogP contribution in [0.15, 0.2) is 30.3 Å². The Balaban J connectivity index is 1.87. The molecule has 0 saturated heterocycles. The predicted octanol–water partition coefficient (Wildman–Crippen LogP) is 2.37. The Hall–Kier alpha value is -1.39. The van der Waals surface area contributed by atoms with E-state index in [0.717, 1.165) is 31.2 Å². The van der Waals surface area contributed by atoms with Crippen LogP contribution >= 0.6 is 0 Å². The van der Waals surface area contributed by atoms with Crippen molar-refractivity contribution >= 4 is 5.97 Å². The van der Waals surface area contributed by atoms with Crippen LogP contribution in [-0.4, -0.2) is 29.3 Å². The fraction of sp³-hybridized carbons (Fsp3) is 0.588. The van der Waals surface area contributed by atoms with Gasteiger partial charge in [-0.1, -0.05) is 43.2 Å². The van der Waals surface area contributed by atoms with E-state index >= 15 is 0 Å². The summed E-state index contributed by atoms with van der Waals surface area (Å²) in [6.07, 6.45) is 3.84. The van der Waals surface area contributed by atoms with Gasteiger partial charge in [-0.15, -0.1) is 0 Å². The molecule has 0 heterocycles. The Morgan fingerprint density at radius 3 is 2.62 bits per heavy atom. The van der Waals surface area contributed by atoms with Gasteiger partial charge in [0.05, 0.1) is 11.5 Å². The smallest absolute Gasteiger partial charge is 0.306 e. The molecule has 0 amide bonds. The maximum atomic E-state index is 11.3. The number of carboxylic acids is 1. The highest BCUT2D eigenvalue weighted by atomic mass is 16.4. The van der Waals surface area contributed by atoms with Crippen LogP contribution in [0.2, 0.25) is 0 Å². The lowest BCUT2D eigenvalue weighted by Gasteiger charge is -2.30. The van der Waals surface area contributed by atoms with Crippen LogP contribution < -0.4 is 5.32 Å². The summed E-state index contributed by atoms with van der Waals surface area (Å²) >= 11 is 0. The van der Waals surface area contributed by atoms with Crippen LogP contribution in [0.25, 0.3) is 0 Å². The van der Waals surface area contributed by atoms with Gasteiger partial charge >= 0.3 is 5.97 Å². The Morgan fingerprint density at radius 1 is 1.29 bits per heavy atom. The minimum absolute atomic E-state index is 0.169. The van der Waals surface area contributed by atoms with Crippen molar-refractivity contribution in [1.29, 1.82) is 0 Å². The van der Waals surface area contributed by atoms with Crippen molar-refractivity contribution in [3.63, 3.8) is 0 Å². The number of carbonyl (C=O) groups is 1. The molecule has 3 unspecified atom stereocenters. The lowest BCUT2D eigenvalue weighted by Crippen LogP contribution is -2.40. The van der Waals surface area contributed by atoms with Gasteiger partial charge in [0, 0.05) is 6.54 Å². The van der Waals surface area contributed by atoms with E-state index < -0.39 is 11.6 Å². The van der Waals surface area contributed by atoms with E-state index in [-0.39, 0.29) is 11.8 Å². The average molecular weight is 291 g/mol. The lowest BCUT2D eigenvalue weighted by atomic mass is 9.79. The van der Waals surface area contributed by atoms with Crippen molar-refractivity contribution in [2.24, 2.45) is 11.8 Å². The monoisotopic (exact) mass is 291 g/mol. The number of benzene rings is 1. The molecule has 116 valence electrons. The van der Waals surface area contributed by atoms with E-state index in [1.165, 1.54) is 0 Å². The molecule has 0 aliphatic heterocycles. The first kappa shape index (κ1) is 16.0. The summed E-state index contributed by atoms with van der Waals surface area (Å²) in [6, 6.07) is 9.55. The zero-order valence-electron chi connectivity index (χ0n) is 12.6. The molecular weight excluding hydrogens is 266 g/mol. The molecule has 21 heavy (non-hydrogen) atoms. The Kier molecular flexibility index (Phi) is 5.37. The standard InChI is InChI=1S/C17H25NO3/c1-17(21,14-8-3-2-4-9-14)12-18-11-13-7-5-6-10-15(13)16(19)20/h2-4,8-9,13,15,18,21H,5-7,10-12H2,1H3,(H,19,20). The molecule has 1 aliphatic carbocycles. The molecule has 0 radical (unpaired) electrons. The van der Waals surface area contributed by atoms with Crippen LogP contribution in [-0.2, 0) is 10.4 Å². The second-order valence-electron chi connectivity index (χ2n) is 6.26. The summed E-state index contributed by atoms with van der Waals surface area (Å²) < 4.78 is 0.